The number of hydrogen-bond acceptors (Lipinski definition) is 5. The molecule has 1 aliphatic heterocycles. The maximum atomic E-state index is 12.9. The molecule has 3 aliphatic carbocycles. The molecule has 2 N–H and O–H groups in total. The molecule has 2 fully saturated rings. The second-order valence-electron chi connectivity index (χ2n) is 11.7. The van der Waals surface area contributed by atoms with Gasteiger partial charge in [0.15, 0.2) is 0 Å². The average molecular weight is 498 g/mol. The summed E-state index contributed by atoms with van der Waals surface area (Å²) in [5, 5.41) is 28.4. The summed E-state index contributed by atoms with van der Waals surface area (Å²) in [4.78, 5) is 2.43. The third kappa shape index (κ3) is 3.68. The standard InChI is InChI=1S/C28H39N3O3S/c1-4-27-16-25-23(18(2)29-31(25)21-9-11-35(34)12-10-21)15-28(27,33)26(30(3)17-19-5-6-19)13-20-7-8-22(32)14-24(20)27/h7-8,14,19,21,26,32-33H,4-6,9-13,15-17H2,1-3H3/t21?,26-,27-,28-,35?/m1/s1. The molecule has 0 radical (unpaired) electrons. The Hall–Kier alpha value is -1.54. The van der Waals surface area contributed by atoms with Crippen molar-refractivity contribution in [1.82, 2.24) is 14.7 Å². The van der Waals surface area contributed by atoms with Crippen molar-refractivity contribution in [2.75, 3.05) is 25.1 Å². The summed E-state index contributed by atoms with van der Waals surface area (Å²) in [6.07, 6.45) is 7.29. The summed E-state index contributed by atoms with van der Waals surface area (Å²) < 4.78 is 14.3. The normalized spacial score (nSPS) is 34.4. The van der Waals surface area contributed by atoms with Crippen molar-refractivity contribution >= 4 is 11.2 Å². The molecule has 2 aromatic rings. The van der Waals surface area contributed by atoms with Crippen LogP contribution in [0.25, 0.3) is 0 Å². The SMILES string of the molecule is CC[C@]12Cc3c(c(C)nn3C3CC[S+]([O-])CC3)C[C@@]1(O)[C@H](N(C)CC1CC1)Cc1ccc(O)cc12. The van der Waals surface area contributed by atoms with E-state index >= 15 is 0 Å². The number of aromatic hydroxyl groups is 1. The first-order chi connectivity index (χ1) is 16.8. The number of likely N-dealkylation sites (N-methyl/N-ethyl adjacent to an activating group) is 1. The topological polar surface area (TPSA) is 84.6 Å². The maximum absolute atomic E-state index is 12.9. The molecular formula is C28H39N3O3S. The largest absolute Gasteiger partial charge is 0.616 e. The predicted molar refractivity (Wildman–Crippen MR) is 138 cm³/mol. The van der Waals surface area contributed by atoms with Crippen LogP contribution in [0.4, 0.5) is 0 Å². The van der Waals surface area contributed by atoms with Crippen LogP contribution in [0.2, 0.25) is 0 Å². The van der Waals surface area contributed by atoms with E-state index in [9.17, 15) is 14.8 Å². The van der Waals surface area contributed by atoms with Crippen LogP contribution in [0.1, 0.15) is 73.1 Å². The van der Waals surface area contributed by atoms with Crippen LogP contribution < -0.4 is 0 Å². The predicted octanol–water partition coefficient (Wildman–Crippen LogP) is 3.42. The van der Waals surface area contributed by atoms with Gasteiger partial charge in [-0.05, 0) is 74.4 Å². The van der Waals surface area contributed by atoms with E-state index in [0.717, 1.165) is 67.3 Å². The molecule has 6 rings (SSSR count). The highest BCUT2D eigenvalue weighted by atomic mass is 32.2. The van der Waals surface area contributed by atoms with Crippen molar-refractivity contribution in [3.8, 4) is 5.75 Å². The van der Waals surface area contributed by atoms with Crippen LogP contribution in [0.15, 0.2) is 18.2 Å². The van der Waals surface area contributed by atoms with Crippen LogP contribution in [0.3, 0.4) is 0 Å². The third-order valence-electron chi connectivity index (χ3n) is 9.72. The van der Waals surface area contributed by atoms with Crippen molar-refractivity contribution < 1.29 is 14.8 Å². The monoisotopic (exact) mass is 497 g/mol. The molecule has 4 aliphatic rings. The molecular weight excluding hydrogens is 458 g/mol. The highest BCUT2D eigenvalue weighted by Gasteiger charge is 2.62. The Bertz CT molecular complexity index is 1120. The Morgan fingerprint density at radius 2 is 1.94 bits per heavy atom. The highest BCUT2D eigenvalue weighted by Crippen LogP contribution is 2.56. The zero-order chi connectivity index (χ0) is 24.5. The smallest absolute Gasteiger partial charge is 0.115 e. The van der Waals surface area contributed by atoms with Gasteiger partial charge in [0.2, 0.25) is 0 Å². The Morgan fingerprint density at radius 3 is 2.63 bits per heavy atom. The van der Waals surface area contributed by atoms with Gasteiger partial charge in [-0.3, -0.25) is 9.58 Å². The summed E-state index contributed by atoms with van der Waals surface area (Å²) in [7, 11) is 2.20. The quantitative estimate of drug-likeness (QED) is 0.619. The van der Waals surface area contributed by atoms with Crippen molar-refractivity contribution in [2.24, 2.45) is 5.92 Å². The van der Waals surface area contributed by atoms with Crippen LogP contribution in [-0.2, 0) is 35.9 Å². The molecule has 0 bridgehead atoms. The summed E-state index contributed by atoms with van der Waals surface area (Å²) >= 11 is -0.710. The van der Waals surface area contributed by atoms with Gasteiger partial charge in [0.05, 0.1) is 17.3 Å². The van der Waals surface area contributed by atoms with E-state index in [1.165, 1.54) is 29.7 Å². The number of benzene rings is 1. The molecule has 3 atom stereocenters. The maximum Gasteiger partial charge on any atom is 0.115 e. The number of phenols is 1. The summed E-state index contributed by atoms with van der Waals surface area (Å²) in [6.45, 7) is 5.32. The number of rotatable bonds is 5. The molecule has 0 amide bonds. The zero-order valence-corrected chi connectivity index (χ0v) is 22.1. The van der Waals surface area contributed by atoms with Crippen molar-refractivity contribution in [2.45, 2.75) is 88.3 Å². The molecule has 1 aromatic heterocycles. The summed E-state index contributed by atoms with van der Waals surface area (Å²) in [5.41, 5.74) is 4.40. The van der Waals surface area contributed by atoms with Crippen molar-refractivity contribution in [3.63, 3.8) is 0 Å². The van der Waals surface area contributed by atoms with Crippen molar-refractivity contribution in [3.05, 3.63) is 46.3 Å². The van der Waals surface area contributed by atoms with Gasteiger partial charge in [0, 0.05) is 49.4 Å². The molecule has 6 nitrogen and oxygen atoms in total. The number of fused-ring (bicyclic) bond motifs is 4. The van der Waals surface area contributed by atoms with E-state index in [1.807, 2.05) is 6.07 Å². The Morgan fingerprint density at radius 1 is 1.20 bits per heavy atom. The molecule has 1 saturated heterocycles. The fourth-order valence-corrected chi connectivity index (χ4v) is 8.83. The first-order valence-electron chi connectivity index (χ1n) is 13.4. The number of aromatic nitrogens is 2. The second-order valence-corrected chi connectivity index (χ2v) is 13.4. The lowest BCUT2D eigenvalue weighted by molar-refractivity contribution is -0.117. The van der Waals surface area contributed by atoms with E-state index in [0.29, 0.717) is 6.42 Å². The fourth-order valence-electron chi connectivity index (χ4n) is 7.56. The summed E-state index contributed by atoms with van der Waals surface area (Å²) in [5.74, 6) is 2.51. The van der Waals surface area contributed by atoms with Gasteiger partial charge in [-0.2, -0.15) is 5.10 Å². The van der Waals surface area contributed by atoms with Gasteiger partial charge in [-0.25, -0.2) is 0 Å². The number of aryl methyl sites for hydroxylation is 1. The Balaban J connectivity index is 1.49. The van der Waals surface area contributed by atoms with Gasteiger partial charge >= 0.3 is 0 Å². The fraction of sp³-hybridized carbons (Fsp3) is 0.679. The van der Waals surface area contributed by atoms with Crippen LogP contribution >= 0.6 is 0 Å². The van der Waals surface area contributed by atoms with Crippen LogP contribution in [-0.4, -0.2) is 66.2 Å². The second kappa shape index (κ2) is 8.51. The lowest BCUT2D eigenvalue weighted by Gasteiger charge is -2.59. The highest BCUT2D eigenvalue weighted by molar-refractivity contribution is 7.91. The minimum absolute atomic E-state index is 0.0214. The number of hydrogen-bond donors (Lipinski definition) is 2. The van der Waals surface area contributed by atoms with Gasteiger partial charge < -0.3 is 14.8 Å². The lowest BCUT2D eigenvalue weighted by Crippen LogP contribution is -2.70. The van der Waals surface area contributed by atoms with Gasteiger partial charge in [-0.1, -0.05) is 24.2 Å². The first kappa shape index (κ1) is 23.8. The Labute approximate surface area is 211 Å². The molecule has 35 heavy (non-hydrogen) atoms. The lowest BCUT2D eigenvalue weighted by atomic mass is 9.51. The van der Waals surface area contributed by atoms with Gasteiger partial charge in [0.1, 0.15) is 17.3 Å². The Kier molecular flexibility index (Phi) is 5.79. The summed E-state index contributed by atoms with van der Waals surface area (Å²) in [6, 6.07) is 6.09. The van der Waals surface area contributed by atoms with Crippen molar-refractivity contribution in [1.29, 1.82) is 0 Å². The minimum Gasteiger partial charge on any atom is -0.616 e. The van der Waals surface area contributed by atoms with Gasteiger partial charge in [-0.15, -0.1) is 0 Å². The molecule has 0 spiro atoms. The molecule has 0 unspecified atom stereocenters. The molecule has 7 heteroatoms. The van der Waals surface area contributed by atoms with Crippen LogP contribution in [0, 0.1) is 12.8 Å². The number of phenolic OH excluding ortho intramolecular Hbond substituents is 1. The zero-order valence-electron chi connectivity index (χ0n) is 21.3. The van der Waals surface area contributed by atoms with E-state index in [2.05, 4.69) is 36.5 Å². The van der Waals surface area contributed by atoms with E-state index < -0.39 is 22.2 Å². The van der Waals surface area contributed by atoms with Crippen LogP contribution in [0.5, 0.6) is 5.75 Å². The average Bonchev–Trinajstić information content (AvgIpc) is 3.60. The third-order valence-corrected chi connectivity index (χ3v) is 11.1. The van der Waals surface area contributed by atoms with Gasteiger partial charge in [0.25, 0.3) is 0 Å². The number of aliphatic hydroxyl groups is 1. The minimum atomic E-state index is -0.939. The molecule has 1 saturated carbocycles. The van der Waals surface area contributed by atoms with E-state index in [4.69, 9.17) is 5.10 Å². The van der Waals surface area contributed by atoms with E-state index in [-0.39, 0.29) is 17.8 Å². The molecule has 1 aromatic carbocycles. The molecule has 2 heterocycles. The number of nitrogens with zero attached hydrogens (tertiary/aromatic N) is 3. The van der Waals surface area contributed by atoms with E-state index in [1.54, 1.807) is 6.07 Å². The first-order valence-corrected chi connectivity index (χ1v) is 14.9. The molecule has 190 valence electrons.